The summed E-state index contributed by atoms with van der Waals surface area (Å²) in [6.45, 7) is 6.04. The Balaban J connectivity index is 1.60. The summed E-state index contributed by atoms with van der Waals surface area (Å²) in [4.78, 5) is 11.7. The van der Waals surface area contributed by atoms with E-state index in [0.29, 0.717) is 23.0 Å². The third kappa shape index (κ3) is 2.92. The summed E-state index contributed by atoms with van der Waals surface area (Å²) in [5, 5.41) is 0. The SMILES string of the molecule is CC[C@H]1c2cc3c(cc2O[C@H](c2cc4c(cc2OC(C)=O)OCO4)[C@@H]1C)OCO3. The highest BCUT2D eigenvalue weighted by Gasteiger charge is 2.39. The van der Waals surface area contributed by atoms with Crippen molar-refractivity contribution in [3.63, 3.8) is 0 Å². The van der Waals surface area contributed by atoms with Gasteiger partial charge in [-0.2, -0.15) is 0 Å². The number of benzene rings is 2. The van der Waals surface area contributed by atoms with Crippen LogP contribution in [0.15, 0.2) is 24.3 Å². The van der Waals surface area contributed by atoms with Gasteiger partial charge in [0.15, 0.2) is 23.0 Å². The average Bonchev–Trinajstić information content (AvgIpc) is 3.33. The largest absolute Gasteiger partial charge is 0.485 e. The van der Waals surface area contributed by atoms with Gasteiger partial charge in [0, 0.05) is 36.1 Å². The summed E-state index contributed by atoms with van der Waals surface area (Å²) in [5.74, 6) is 3.77. The van der Waals surface area contributed by atoms with Crippen molar-refractivity contribution in [1.82, 2.24) is 0 Å². The van der Waals surface area contributed by atoms with Gasteiger partial charge in [0.2, 0.25) is 13.6 Å². The first-order chi connectivity index (χ1) is 14.0. The van der Waals surface area contributed by atoms with Crippen molar-refractivity contribution in [2.75, 3.05) is 13.6 Å². The van der Waals surface area contributed by atoms with Crippen LogP contribution in [-0.2, 0) is 4.79 Å². The second-order valence-electron chi connectivity index (χ2n) is 7.49. The van der Waals surface area contributed by atoms with Crippen LogP contribution in [0.3, 0.4) is 0 Å². The lowest BCUT2D eigenvalue weighted by molar-refractivity contribution is -0.132. The van der Waals surface area contributed by atoms with Crippen LogP contribution < -0.4 is 28.4 Å². The predicted octanol–water partition coefficient (Wildman–Crippen LogP) is 4.33. The highest BCUT2D eigenvalue weighted by Crippen LogP contribution is 2.53. The van der Waals surface area contributed by atoms with Gasteiger partial charge in [0.1, 0.15) is 17.6 Å². The molecule has 7 nitrogen and oxygen atoms in total. The molecule has 5 rings (SSSR count). The molecule has 0 radical (unpaired) electrons. The monoisotopic (exact) mass is 398 g/mol. The van der Waals surface area contributed by atoms with Crippen LogP contribution in [0.1, 0.15) is 50.3 Å². The molecule has 0 aliphatic carbocycles. The van der Waals surface area contributed by atoms with Crippen molar-refractivity contribution >= 4 is 5.97 Å². The molecule has 3 atom stereocenters. The quantitative estimate of drug-likeness (QED) is 0.563. The first-order valence-corrected chi connectivity index (χ1v) is 9.77. The molecule has 3 aliphatic rings. The fourth-order valence-corrected chi connectivity index (χ4v) is 4.41. The summed E-state index contributed by atoms with van der Waals surface area (Å²) in [6, 6.07) is 7.46. The van der Waals surface area contributed by atoms with Crippen molar-refractivity contribution in [3.05, 3.63) is 35.4 Å². The van der Waals surface area contributed by atoms with E-state index in [1.807, 2.05) is 18.2 Å². The average molecular weight is 398 g/mol. The summed E-state index contributed by atoms with van der Waals surface area (Å²) in [7, 11) is 0. The molecule has 0 spiro atoms. The van der Waals surface area contributed by atoms with Crippen LogP contribution in [0.2, 0.25) is 0 Å². The number of hydrogen-bond acceptors (Lipinski definition) is 7. The zero-order valence-corrected chi connectivity index (χ0v) is 16.5. The fourth-order valence-electron chi connectivity index (χ4n) is 4.41. The molecule has 0 unspecified atom stereocenters. The Morgan fingerprint density at radius 1 is 0.931 bits per heavy atom. The summed E-state index contributed by atoms with van der Waals surface area (Å²) in [5.41, 5.74) is 1.87. The van der Waals surface area contributed by atoms with Crippen molar-refractivity contribution in [3.8, 4) is 34.5 Å². The molecule has 0 bridgehead atoms. The molecule has 152 valence electrons. The van der Waals surface area contributed by atoms with Crippen LogP contribution in [0.5, 0.6) is 34.5 Å². The van der Waals surface area contributed by atoms with Crippen LogP contribution in [0.4, 0.5) is 0 Å². The standard InChI is InChI=1S/C22H22O7/c1-4-13-11(2)22(29-16-7-20-18(5-14(13)16)24-9-26-20)15-6-19-21(27-10-25-19)8-17(15)28-12(3)23/h5-8,11,13,22H,4,9-10H2,1-3H3/t11-,13-,22+/m1/s1. The minimum atomic E-state index is -0.399. The summed E-state index contributed by atoms with van der Waals surface area (Å²) in [6.07, 6.45) is 0.609. The molecule has 0 fully saturated rings. The van der Waals surface area contributed by atoms with E-state index in [9.17, 15) is 4.79 Å². The first-order valence-electron chi connectivity index (χ1n) is 9.77. The van der Waals surface area contributed by atoms with E-state index in [0.717, 1.165) is 29.0 Å². The predicted molar refractivity (Wildman–Crippen MR) is 102 cm³/mol. The molecule has 0 saturated heterocycles. The number of ether oxygens (including phenoxy) is 6. The Labute approximate surface area is 168 Å². The van der Waals surface area contributed by atoms with E-state index in [1.165, 1.54) is 6.92 Å². The highest BCUT2D eigenvalue weighted by atomic mass is 16.7. The number of hydrogen-bond donors (Lipinski definition) is 0. The van der Waals surface area contributed by atoms with Crippen LogP contribution >= 0.6 is 0 Å². The molecule has 0 amide bonds. The Morgan fingerprint density at radius 3 is 2.14 bits per heavy atom. The topological polar surface area (TPSA) is 72.5 Å². The molecule has 29 heavy (non-hydrogen) atoms. The normalized spacial score (nSPS) is 23.3. The van der Waals surface area contributed by atoms with Gasteiger partial charge >= 0.3 is 5.97 Å². The minimum absolute atomic E-state index is 0.127. The van der Waals surface area contributed by atoms with E-state index in [-0.39, 0.29) is 31.5 Å². The number of rotatable bonds is 3. The van der Waals surface area contributed by atoms with Gasteiger partial charge in [-0.25, -0.2) is 0 Å². The first kappa shape index (κ1) is 18.0. The van der Waals surface area contributed by atoms with Gasteiger partial charge in [-0.1, -0.05) is 13.8 Å². The number of carbonyl (C=O) groups excluding carboxylic acids is 1. The second kappa shape index (κ2) is 6.76. The van der Waals surface area contributed by atoms with E-state index in [2.05, 4.69) is 13.8 Å². The minimum Gasteiger partial charge on any atom is -0.485 e. The lowest BCUT2D eigenvalue weighted by Gasteiger charge is -2.38. The maximum Gasteiger partial charge on any atom is 0.308 e. The third-order valence-electron chi connectivity index (χ3n) is 5.78. The third-order valence-corrected chi connectivity index (χ3v) is 5.78. The molecule has 0 aromatic heterocycles. The Bertz CT molecular complexity index is 984. The fraction of sp³-hybridized carbons (Fsp3) is 0.409. The molecule has 2 aromatic carbocycles. The molecule has 3 heterocycles. The van der Waals surface area contributed by atoms with Gasteiger partial charge in [-0.05, 0) is 24.5 Å². The zero-order chi connectivity index (χ0) is 20.1. The van der Waals surface area contributed by atoms with Crippen LogP contribution in [-0.4, -0.2) is 19.6 Å². The van der Waals surface area contributed by atoms with E-state index >= 15 is 0 Å². The number of esters is 1. The lowest BCUT2D eigenvalue weighted by atomic mass is 9.77. The van der Waals surface area contributed by atoms with E-state index in [1.54, 1.807) is 6.07 Å². The lowest BCUT2D eigenvalue weighted by Crippen LogP contribution is -2.28. The van der Waals surface area contributed by atoms with Gasteiger partial charge < -0.3 is 28.4 Å². The summed E-state index contributed by atoms with van der Waals surface area (Å²) < 4.78 is 34.0. The van der Waals surface area contributed by atoms with Crippen molar-refractivity contribution < 1.29 is 33.2 Å². The van der Waals surface area contributed by atoms with Crippen LogP contribution in [0, 0.1) is 5.92 Å². The van der Waals surface area contributed by atoms with Crippen molar-refractivity contribution in [2.45, 2.75) is 39.2 Å². The maximum absolute atomic E-state index is 11.7. The molecule has 0 N–H and O–H groups in total. The number of carbonyl (C=O) groups is 1. The molecular weight excluding hydrogens is 376 g/mol. The van der Waals surface area contributed by atoms with Crippen LogP contribution in [0.25, 0.3) is 0 Å². The van der Waals surface area contributed by atoms with Gasteiger partial charge in [-0.3, -0.25) is 4.79 Å². The smallest absolute Gasteiger partial charge is 0.308 e. The van der Waals surface area contributed by atoms with Gasteiger partial charge in [-0.15, -0.1) is 0 Å². The number of fused-ring (bicyclic) bond motifs is 3. The van der Waals surface area contributed by atoms with E-state index in [4.69, 9.17) is 28.4 Å². The molecule has 2 aromatic rings. The molecule has 7 heteroatoms. The second-order valence-corrected chi connectivity index (χ2v) is 7.49. The van der Waals surface area contributed by atoms with Gasteiger partial charge in [0.25, 0.3) is 0 Å². The molecule has 3 aliphatic heterocycles. The Kier molecular flexibility index (Phi) is 4.19. The zero-order valence-electron chi connectivity index (χ0n) is 16.5. The molecule has 0 saturated carbocycles. The Morgan fingerprint density at radius 2 is 1.52 bits per heavy atom. The summed E-state index contributed by atoms with van der Waals surface area (Å²) >= 11 is 0. The maximum atomic E-state index is 11.7. The van der Waals surface area contributed by atoms with Gasteiger partial charge in [0.05, 0.1) is 0 Å². The Hall–Kier alpha value is -3.09. The van der Waals surface area contributed by atoms with Crippen molar-refractivity contribution in [1.29, 1.82) is 0 Å². The highest BCUT2D eigenvalue weighted by molar-refractivity contribution is 5.71. The van der Waals surface area contributed by atoms with E-state index < -0.39 is 5.97 Å². The molecular formula is C22H22O7. The van der Waals surface area contributed by atoms with Crippen molar-refractivity contribution in [2.24, 2.45) is 5.92 Å².